The predicted molar refractivity (Wildman–Crippen MR) is 64.9 cm³/mol. The van der Waals surface area contributed by atoms with Crippen molar-refractivity contribution in [2.75, 3.05) is 7.11 Å². The number of ether oxygens (including phenoxy) is 2. The molecule has 0 radical (unpaired) electrons. The van der Waals surface area contributed by atoms with Crippen LogP contribution in [0.15, 0.2) is 11.8 Å². The van der Waals surface area contributed by atoms with Crippen molar-refractivity contribution < 1.29 is 14.3 Å². The highest BCUT2D eigenvalue weighted by Crippen LogP contribution is 2.32. The lowest BCUT2D eigenvalue weighted by Gasteiger charge is -2.33. The molecule has 1 rings (SSSR count). The molecule has 0 aliphatic carbocycles. The summed E-state index contributed by atoms with van der Waals surface area (Å²) in [5.41, 5.74) is 0.650. The summed E-state index contributed by atoms with van der Waals surface area (Å²) in [6.07, 6.45) is 2.74. The van der Waals surface area contributed by atoms with Gasteiger partial charge in [0.25, 0.3) is 0 Å². The molecule has 3 heteroatoms. The van der Waals surface area contributed by atoms with E-state index in [-0.39, 0.29) is 18.0 Å². The number of carbonyl (C=O) groups is 1. The normalized spacial score (nSPS) is 28.1. The Morgan fingerprint density at radius 1 is 1.44 bits per heavy atom. The van der Waals surface area contributed by atoms with Gasteiger partial charge in [0, 0.05) is 5.92 Å². The van der Waals surface area contributed by atoms with E-state index in [9.17, 15) is 4.79 Å². The smallest absolute Gasteiger partial charge is 0.337 e. The third kappa shape index (κ3) is 3.26. The Morgan fingerprint density at radius 3 is 2.44 bits per heavy atom. The highest BCUT2D eigenvalue weighted by atomic mass is 16.5. The Balaban J connectivity index is 0.00000106. The van der Waals surface area contributed by atoms with Gasteiger partial charge in [-0.25, -0.2) is 4.79 Å². The van der Waals surface area contributed by atoms with E-state index in [0.717, 1.165) is 6.42 Å². The number of hydrogen-bond acceptors (Lipinski definition) is 3. The lowest BCUT2D eigenvalue weighted by Crippen LogP contribution is -2.32. The van der Waals surface area contributed by atoms with E-state index in [0.29, 0.717) is 11.5 Å². The molecule has 16 heavy (non-hydrogen) atoms. The molecule has 1 heterocycles. The van der Waals surface area contributed by atoms with Crippen LogP contribution in [0.1, 0.15) is 41.0 Å². The van der Waals surface area contributed by atoms with Gasteiger partial charge in [0.1, 0.15) is 0 Å². The van der Waals surface area contributed by atoms with Crippen LogP contribution >= 0.6 is 0 Å². The molecule has 0 spiro atoms. The highest BCUT2D eigenvalue weighted by molar-refractivity contribution is 5.88. The van der Waals surface area contributed by atoms with E-state index in [4.69, 9.17) is 9.47 Å². The fraction of sp³-hybridized carbons (Fsp3) is 0.769. The number of hydrogen-bond donors (Lipinski definition) is 0. The van der Waals surface area contributed by atoms with Crippen LogP contribution in [0.3, 0.4) is 0 Å². The first kappa shape index (κ1) is 15.0. The maximum Gasteiger partial charge on any atom is 0.337 e. The van der Waals surface area contributed by atoms with Crippen LogP contribution in [0.25, 0.3) is 0 Å². The number of esters is 1. The lowest BCUT2D eigenvalue weighted by molar-refractivity contribution is -0.138. The van der Waals surface area contributed by atoms with Gasteiger partial charge in [0.15, 0.2) is 0 Å². The van der Waals surface area contributed by atoms with Gasteiger partial charge in [0.2, 0.25) is 0 Å². The zero-order chi connectivity index (χ0) is 12.7. The van der Waals surface area contributed by atoms with Crippen LogP contribution in [-0.4, -0.2) is 19.2 Å². The first-order valence-electron chi connectivity index (χ1n) is 6.05. The predicted octanol–water partition coefficient (Wildman–Crippen LogP) is 3.15. The second kappa shape index (κ2) is 7.31. The van der Waals surface area contributed by atoms with Gasteiger partial charge in [-0.05, 0) is 19.3 Å². The van der Waals surface area contributed by atoms with Crippen molar-refractivity contribution in [1.82, 2.24) is 0 Å². The average molecular weight is 228 g/mol. The zero-order valence-electron chi connectivity index (χ0n) is 11.2. The number of rotatable bonds is 2. The van der Waals surface area contributed by atoms with E-state index >= 15 is 0 Å². The fourth-order valence-electron chi connectivity index (χ4n) is 2.06. The quantitative estimate of drug-likeness (QED) is 0.681. The summed E-state index contributed by atoms with van der Waals surface area (Å²) < 4.78 is 10.1. The molecule has 3 nitrogen and oxygen atoms in total. The lowest BCUT2D eigenvalue weighted by atomic mass is 9.81. The Morgan fingerprint density at radius 2 is 2.00 bits per heavy atom. The van der Waals surface area contributed by atoms with Crippen LogP contribution < -0.4 is 0 Å². The molecule has 0 aromatic rings. The number of methoxy groups -OCH3 is 1. The standard InChI is InChI=1S/C11H18O3.C2H6/c1-5-9-7(2)10(11(12)13-4)6-14-8(9)3;1-2/h6-9H,5H2,1-4H3;1-2H3. The van der Waals surface area contributed by atoms with Gasteiger partial charge in [-0.2, -0.15) is 0 Å². The molecular weight excluding hydrogens is 204 g/mol. The van der Waals surface area contributed by atoms with Crippen molar-refractivity contribution in [2.45, 2.75) is 47.1 Å². The maximum absolute atomic E-state index is 11.4. The summed E-state index contributed by atoms with van der Waals surface area (Å²) >= 11 is 0. The topological polar surface area (TPSA) is 35.5 Å². The van der Waals surface area contributed by atoms with Crippen LogP contribution in [0, 0.1) is 11.8 Å². The van der Waals surface area contributed by atoms with Crippen molar-refractivity contribution >= 4 is 5.97 Å². The summed E-state index contributed by atoms with van der Waals surface area (Å²) in [6, 6.07) is 0. The van der Waals surface area contributed by atoms with E-state index in [1.807, 2.05) is 20.8 Å². The van der Waals surface area contributed by atoms with Crippen molar-refractivity contribution in [3.05, 3.63) is 11.8 Å². The largest absolute Gasteiger partial charge is 0.497 e. The summed E-state index contributed by atoms with van der Waals surface area (Å²) in [7, 11) is 1.40. The molecule has 0 fully saturated rings. The maximum atomic E-state index is 11.4. The molecule has 0 aromatic carbocycles. The van der Waals surface area contributed by atoms with Gasteiger partial charge < -0.3 is 9.47 Å². The van der Waals surface area contributed by atoms with Crippen molar-refractivity contribution in [3.8, 4) is 0 Å². The van der Waals surface area contributed by atoms with Gasteiger partial charge in [-0.1, -0.05) is 27.7 Å². The Bertz CT molecular complexity index is 246. The second-order valence-corrected chi connectivity index (χ2v) is 3.77. The van der Waals surface area contributed by atoms with Gasteiger partial charge in [-0.3, -0.25) is 0 Å². The minimum atomic E-state index is -0.275. The first-order chi connectivity index (χ1) is 7.61. The molecule has 0 saturated carbocycles. The summed E-state index contributed by atoms with van der Waals surface area (Å²) in [6.45, 7) is 10.2. The van der Waals surface area contributed by atoms with Crippen molar-refractivity contribution in [1.29, 1.82) is 0 Å². The minimum Gasteiger partial charge on any atom is -0.497 e. The van der Waals surface area contributed by atoms with Crippen LogP contribution in [0.4, 0.5) is 0 Å². The molecule has 1 aliphatic rings. The Hall–Kier alpha value is -0.990. The molecule has 3 unspecified atom stereocenters. The second-order valence-electron chi connectivity index (χ2n) is 3.77. The van der Waals surface area contributed by atoms with Crippen LogP contribution in [0.2, 0.25) is 0 Å². The third-order valence-corrected chi connectivity index (χ3v) is 3.04. The van der Waals surface area contributed by atoms with Gasteiger partial charge >= 0.3 is 5.97 Å². The Labute approximate surface area is 98.8 Å². The molecule has 0 N–H and O–H groups in total. The highest BCUT2D eigenvalue weighted by Gasteiger charge is 2.33. The molecule has 0 aromatic heterocycles. The SMILES string of the molecule is CC.CCC1C(C)OC=C(C(=O)OC)C1C. The van der Waals surface area contributed by atoms with E-state index in [1.54, 1.807) is 6.26 Å². The van der Waals surface area contributed by atoms with E-state index in [2.05, 4.69) is 13.8 Å². The van der Waals surface area contributed by atoms with Gasteiger partial charge in [-0.15, -0.1) is 0 Å². The molecule has 3 atom stereocenters. The minimum absolute atomic E-state index is 0.184. The molecular formula is C13H24O3. The van der Waals surface area contributed by atoms with E-state index in [1.165, 1.54) is 7.11 Å². The number of carbonyl (C=O) groups excluding carboxylic acids is 1. The van der Waals surface area contributed by atoms with Gasteiger partial charge in [0.05, 0.1) is 25.0 Å². The molecule has 0 amide bonds. The third-order valence-electron chi connectivity index (χ3n) is 3.04. The summed E-state index contributed by atoms with van der Waals surface area (Å²) in [5, 5.41) is 0. The Kier molecular flexibility index (Phi) is 6.86. The van der Waals surface area contributed by atoms with Crippen molar-refractivity contribution in [2.24, 2.45) is 11.8 Å². The average Bonchev–Trinajstić information content (AvgIpc) is 2.31. The molecule has 1 aliphatic heterocycles. The van der Waals surface area contributed by atoms with Crippen LogP contribution in [0.5, 0.6) is 0 Å². The van der Waals surface area contributed by atoms with E-state index < -0.39 is 0 Å². The first-order valence-corrected chi connectivity index (χ1v) is 6.05. The molecule has 0 bridgehead atoms. The fourth-order valence-corrected chi connectivity index (χ4v) is 2.06. The monoisotopic (exact) mass is 228 g/mol. The molecule has 94 valence electrons. The van der Waals surface area contributed by atoms with Crippen LogP contribution in [-0.2, 0) is 14.3 Å². The van der Waals surface area contributed by atoms with Crippen molar-refractivity contribution in [3.63, 3.8) is 0 Å². The zero-order valence-corrected chi connectivity index (χ0v) is 11.2. The summed E-state index contributed by atoms with van der Waals surface area (Å²) in [4.78, 5) is 11.4. The summed E-state index contributed by atoms with van der Waals surface area (Å²) in [5.74, 6) is 0.341. The molecule has 0 saturated heterocycles.